The normalized spacial score (nSPS) is 14.0. The van der Waals surface area contributed by atoms with Crippen molar-refractivity contribution in [1.29, 1.82) is 0 Å². The van der Waals surface area contributed by atoms with E-state index in [9.17, 15) is 31.9 Å². The smallest absolute Gasteiger partial charge is 0.419 e. The highest BCUT2D eigenvalue weighted by atomic mass is 32.1. The van der Waals surface area contributed by atoms with Gasteiger partial charge in [-0.2, -0.15) is 13.2 Å². The van der Waals surface area contributed by atoms with Gasteiger partial charge >= 0.3 is 18.1 Å². The van der Waals surface area contributed by atoms with Crippen molar-refractivity contribution in [2.45, 2.75) is 39.5 Å². The summed E-state index contributed by atoms with van der Waals surface area (Å²) in [5.74, 6) is -2.62. The monoisotopic (exact) mass is 595 g/mol. The molecular weight excluding hydrogens is 570 g/mol. The number of rotatable bonds is 8. The summed E-state index contributed by atoms with van der Waals surface area (Å²) in [6.07, 6.45) is -1.04. The number of esters is 2. The van der Waals surface area contributed by atoms with Crippen molar-refractivity contribution >= 4 is 40.1 Å². The number of aromatic nitrogens is 3. The van der Waals surface area contributed by atoms with Crippen molar-refractivity contribution in [2.24, 2.45) is 5.92 Å². The van der Waals surface area contributed by atoms with Gasteiger partial charge in [-0.05, 0) is 38.0 Å². The molecule has 1 aliphatic heterocycles. The van der Waals surface area contributed by atoms with Crippen LogP contribution in [0.2, 0.25) is 0 Å². The molecule has 4 rings (SSSR count). The molecule has 3 aromatic rings. The second-order valence-corrected chi connectivity index (χ2v) is 10.1. The molecule has 10 nitrogen and oxygen atoms in total. The number of amides is 1. The molecule has 0 spiro atoms. The van der Waals surface area contributed by atoms with Crippen LogP contribution in [-0.2, 0) is 31.8 Å². The number of carbonyl (C=O) groups excluding carboxylic acids is 3. The zero-order valence-electron chi connectivity index (χ0n) is 22.0. The minimum atomic E-state index is -4.94. The van der Waals surface area contributed by atoms with Crippen LogP contribution in [0, 0.1) is 11.7 Å². The minimum Gasteiger partial charge on any atom is -0.466 e. The quantitative estimate of drug-likeness (QED) is 0.287. The highest BCUT2D eigenvalue weighted by Crippen LogP contribution is 2.37. The molecule has 1 saturated heterocycles. The Bertz CT molecular complexity index is 1420. The van der Waals surface area contributed by atoms with Gasteiger partial charge in [0.1, 0.15) is 23.9 Å². The van der Waals surface area contributed by atoms with Crippen LogP contribution in [0.3, 0.4) is 0 Å². The number of nitrogens with zero attached hydrogens (tertiary/aromatic N) is 4. The Hall–Kier alpha value is -4.14. The van der Waals surface area contributed by atoms with Crippen molar-refractivity contribution < 1.29 is 41.4 Å². The van der Waals surface area contributed by atoms with Gasteiger partial charge in [0.25, 0.3) is 5.91 Å². The van der Waals surface area contributed by atoms with Crippen LogP contribution >= 0.6 is 11.3 Å². The highest BCUT2D eigenvalue weighted by Gasteiger charge is 2.35. The SMILES string of the molecule is CCOC(=O)C1CCN(c2cnc(C(=O)Nc3nc(-c4ccc(F)c(C(F)(F)F)c4)c(COC(C)=O)s3)cn2)CC1. The standard InChI is InChI=1S/C26H25F4N5O5S/c1-3-39-24(38)15-6-8-35(9-7-15)21-12-31-19(11-32-21)23(37)34-25-33-22(20(41-25)13-40-14(2)36)16-4-5-18(27)17(10-16)26(28,29)30/h4-5,10-12,15H,3,6-9,13H2,1-2H3,(H,33,34,37). The third kappa shape index (κ3) is 7.34. The van der Waals surface area contributed by atoms with E-state index in [1.165, 1.54) is 12.4 Å². The van der Waals surface area contributed by atoms with E-state index in [4.69, 9.17) is 9.47 Å². The van der Waals surface area contributed by atoms with Crippen LogP contribution < -0.4 is 10.2 Å². The third-order valence-electron chi connectivity index (χ3n) is 6.18. The van der Waals surface area contributed by atoms with E-state index in [-0.39, 0.29) is 45.5 Å². The number of alkyl halides is 3. The third-order valence-corrected chi connectivity index (χ3v) is 7.12. The van der Waals surface area contributed by atoms with Crippen LogP contribution in [0.4, 0.5) is 28.5 Å². The van der Waals surface area contributed by atoms with Crippen molar-refractivity contribution in [3.05, 3.63) is 52.5 Å². The number of piperidine rings is 1. The molecular formula is C26H25F4N5O5S. The summed E-state index contributed by atoms with van der Waals surface area (Å²) in [6, 6.07) is 2.39. The van der Waals surface area contributed by atoms with Gasteiger partial charge in [0.2, 0.25) is 0 Å². The first-order valence-electron chi connectivity index (χ1n) is 12.5. The zero-order valence-corrected chi connectivity index (χ0v) is 22.8. The summed E-state index contributed by atoms with van der Waals surface area (Å²) in [7, 11) is 0. The predicted octanol–water partition coefficient (Wildman–Crippen LogP) is 4.85. The van der Waals surface area contributed by atoms with Gasteiger partial charge in [-0.1, -0.05) is 11.3 Å². The number of benzene rings is 1. The van der Waals surface area contributed by atoms with Gasteiger partial charge in [0.05, 0.1) is 41.1 Å². The maximum absolute atomic E-state index is 13.8. The Morgan fingerprint density at radius 3 is 2.46 bits per heavy atom. The molecule has 1 aromatic carbocycles. The van der Waals surface area contributed by atoms with E-state index >= 15 is 0 Å². The van der Waals surface area contributed by atoms with Crippen molar-refractivity contribution in [3.63, 3.8) is 0 Å². The molecule has 0 saturated carbocycles. The predicted molar refractivity (Wildman–Crippen MR) is 140 cm³/mol. The number of nitrogens with one attached hydrogen (secondary N) is 1. The fourth-order valence-corrected chi connectivity index (χ4v) is 5.04. The Balaban J connectivity index is 1.49. The van der Waals surface area contributed by atoms with E-state index in [1.807, 2.05) is 4.90 Å². The molecule has 1 aliphatic rings. The molecule has 41 heavy (non-hydrogen) atoms. The number of hydrogen-bond donors (Lipinski definition) is 1. The zero-order chi connectivity index (χ0) is 29.7. The number of anilines is 2. The maximum atomic E-state index is 13.8. The average molecular weight is 596 g/mol. The molecule has 15 heteroatoms. The van der Waals surface area contributed by atoms with Crippen LogP contribution in [0.5, 0.6) is 0 Å². The lowest BCUT2D eigenvalue weighted by Gasteiger charge is -2.31. The summed E-state index contributed by atoms with van der Waals surface area (Å²) in [5.41, 5.74) is -1.61. The largest absolute Gasteiger partial charge is 0.466 e. The van der Waals surface area contributed by atoms with E-state index in [0.29, 0.717) is 50.5 Å². The molecule has 0 radical (unpaired) electrons. The molecule has 1 amide bonds. The summed E-state index contributed by atoms with van der Waals surface area (Å²) < 4.78 is 63.7. The molecule has 0 unspecified atom stereocenters. The first-order valence-corrected chi connectivity index (χ1v) is 13.3. The van der Waals surface area contributed by atoms with Crippen LogP contribution in [-0.4, -0.2) is 52.5 Å². The number of hydrogen-bond acceptors (Lipinski definition) is 10. The highest BCUT2D eigenvalue weighted by molar-refractivity contribution is 7.16. The van der Waals surface area contributed by atoms with Crippen LogP contribution in [0.1, 0.15) is 47.6 Å². The van der Waals surface area contributed by atoms with Gasteiger partial charge in [-0.25, -0.2) is 19.3 Å². The van der Waals surface area contributed by atoms with Crippen LogP contribution in [0.15, 0.2) is 30.6 Å². The van der Waals surface area contributed by atoms with Crippen LogP contribution in [0.25, 0.3) is 11.3 Å². The Labute approximate surface area is 235 Å². The summed E-state index contributed by atoms with van der Waals surface area (Å²) in [5, 5.41) is 2.52. The summed E-state index contributed by atoms with van der Waals surface area (Å²) >= 11 is 0.879. The molecule has 0 aliphatic carbocycles. The average Bonchev–Trinajstić information content (AvgIpc) is 3.34. The molecule has 1 N–H and O–H groups in total. The molecule has 0 bridgehead atoms. The van der Waals surface area contributed by atoms with Gasteiger partial charge in [0, 0.05) is 25.6 Å². The summed E-state index contributed by atoms with van der Waals surface area (Å²) in [4.78, 5) is 51.0. The fourth-order valence-electron chi connectivity index (χ4n) is 4.15. The van der Waals surface area contributed by atoms with Gasteiger partial charge in [-0.15, -0.1) is 0 Å². The molecule has 3 heterocycles. The second-order valence-electron chi connectivity index (χ2n) is 8.99. The number of thiazole rings is 1. The van der Waals surface area contributed by atoms with Gasteiger partial charge in [0.15, 0.2) is 5.13 Å². The van der Waals surface area contributed by atoms with Crippen molar-refractivity contribution in [1.82, 2.24) is 15.0 Å². The van der Waals surface area contributed by atoms with Gasteiger partial charge in [-0.3, -0.25) is 19.7 Å². The Kier molecular flexibility index (Phi) is 9.15. The lowest BCUT2D eigenvalue weighted by molar-refractivity contribution is -0.148. The van der Waals surface area contributed by atoms with E-state index in [2.05, 4.69) is 20.3 Å². The van der Waals surface area contributed by atoms with E-state index < -0.39 is 29.4 Å². The van der Waals surface area contributed by atoms with E-state index in [0.717, 1.165) is 24.3 Å². The van der Waals surface area contributed by atoms with Gasteiger partial charge < -0.3 is 14.4 Å². The number of halogens is 4. The van der Waals surface area contributed by atoms with E-state index in [1.54, 1.807) is 6.92 Å². The number of ether oxygens (including phenoxy) is 2. The molecule has 218 valence electrons. The van der Waals surface area contributed by atoms with Crippen molar-refractivity contribution in [2.75, 3.05) is 29.9 Å². The maximum Gasteiger partial charge on any atom is 0.419 e. The Morgan fingerprint density at radius 1 is 1.12 bits per heavy atom. The van der Waals surface area contributed by atoms with Crippen molar-refractivity contribution in [3.8, 4) is 11.3 Å². The number of carbonyl (C=O) groups is 3. The molecule has 1 fully saturated rings. The lowest BCUT2D eigenvalue weighted by atomic mass is 9.97. The first-order chi connectivity index (χ1) is 19.5. The second kappa shape index (κ2) is 12.6. The lowest BCUT2D eigenvalue weighted by Crippen LogP contribution is -2.37. The first kappa shape index (κ1) is 29.8. The molecule has 0 atom stereocenters. The minimum absolute atomic E-state index is 0.00282. The Morgan fingerprint density at radius 2 is 1.85 bits per heavy atom. The molecule has 2 aromatic heterocycles. The summed E-state index contributed by atoms with van der Waals surface area (Å²) in [6.45, 7) is 4.06. The fraction of sp³-hybridized carbons (Fsp3) is 0.385. The topological polar surface area (TPSA) is 124 Å².